The molecular weight excluding hydrogens is 334 g/mol. The van der Waals surface area contributed by atoms with Gasteiger partial charge in [-0.25, -0.2) is 9.78 Å². The minimum absolute atomic E-state index is 0.100. The highest BCUT2D eigenvalue weighted by molar-refractivity contribution is 5.93. The zero-order valence-electron chi connectivity index (χ0n) is 15.4. The molecule has 0 aliphatic carbocycles. The van der Waals surface area contributed by atoms with Crippen molar-refractivity contribution < 1.29 is 14.7 Å². The van der Waals surface area contributed by atoms with E-state index in [2.05, 4.69) is 21.9 Å². The molecule has 1 atom stereocenters. The summed E-state index contributed by atoms with van der Waals surface area (Å²) in [5, 5.41) is 13.7. The van der Waals surface area contributed by atoms with Crippen molar-refractivity contribution in [2.24, 2.45) is 7.05 Å². The third-order valence-corrected chi connectivity index (χ3v) is 4.79. The zero-order valence-corrected chi connectivity index (χ0v) is 15.4. The number of aryl methyl sites for hydroxylation is 1. The lowest BCUT2D eigenvalue weighted by atomic mass is 9.92. The van der Waals surface area contributed by atoms with Gasteiger partial charge in [-0.05, 0) is 18.6 Å². The molecule has 138 valence electrons. The minimum atomic E-state index is -1.02. The average Bonchev–Trinajstić information content (AvgIpc) is 2.97. The largest absolute Gasteiger partial charge is 0.476 e. The minimum Gasteiger partial charge on any atom is -0.476 e. The molecule has 0 spiro atoms. The van der Waals surface area contributed by atoms with Gasteiger partial charge in [0.05, 0.1) is 5.56 Å². The Bertz CT molecular complexity index is 841. The second-order valence-corrected chi connectivity index (χ2v) is 6.73. The maximum Gasteiger partial charge on any atom is 0.356 e. The second kappa shape index (κ2) is 6.78. The SMILES string of the molecule is CC[C@@H]1CN(c2ccc(C(=O)N(C)C)cn2)Cc2c(C(=O)O)nn(C)c21. The summed E-state index contributed by atoms with van der Waals surface area (Å²) in [5.41, 5.74) is 2.36. The highest BCUT2D eigenvalue weighted by Crippen LogP contribution is 2.34. The van der Waals surface area contributed by atoms with Crippen molar-refractivity contribution in [1.82, 2.24) is 19.7 Å². The first-order valence-electron chi connectivity index (χ1n) is 8.55. The lowest BCUT2D eigenvalue weighted by Crippen LogP contribution is -2.35. The van der Waals surface area contributed by atoms with Crippen molar-refractivity contribution in [2.75, 3.05) is 25.5 Å². The van der Waals surface area contributed by atoms with Crippen molar-refractivity contribution >= 4 is 17.7 Å². The first-order valence-corrected chi connectivity index (χ1v) is 8.55. The van der Waals surface area contributed by atoms with Gasteiger partial charge < -0.3 is 14.9 Å². The number of carbonyl (C=O) groups excluding carboxylic acids is 1. The van der Waals surface area contributed by atoms with E-state index in [0.717, 1.165) is 30.0 Å². The van der Waals surface area contributed by atoms with Crippen LogP contribution in [0.3, 0.4) is 0 Å². The number of carboxylic acid groups (broad SMARTS) is 1. The number of aromatic carboxylic acids is 1. The van der Waals surface area contributed by atoms with E-state index < -0.39 is 5.97 Å². The van der Waals surface area contributed by atoms with Crippen molar-refractivity contribution in [3.63, 3.8) is 0 Å². The Hall–Kier alpha value is -2.90. The first-order chi connectivity index (χ1) is 12.3. The molecule has 8 heteroatoms. The van der Waals surface area contributed by atoms with Crippen LogP contribution in [0.1, 0.15) is 51.4 Å². The van der Waals surface area contributed by atoms with Crippen LogP contribution in [0, 0.1) is 0 Å². The van der Waals surface area contributed by atoms with Gasteiger partial charge in [0.1, 0.15) is 5.82 Å². The number of carbonyl (C=O) groups is 2. The van der Waals surface area contributed by atoms with Gasteiger partial charge in [0.15, 0.2) is 5.69 Å². The van der Waals surface area contributed by atoms with Gasteiger partial charge in [-0.2, -0.15) is 5.10 Å². The van der Waals surface area contributed by atoms with E-state index in [-0.39, 0.29) is 17.5 Å². The topological polar surface area (TPSA) is 91.6 Å². The van der Waals surface area contributed by atoms with Crippen molar-refractivity contribution in [3.8, 4) is 0 Å². The number of hydrogen-bond acceptors (Lipinski definition) is 5. The zero-order chi connectivity index (χ0) is 19.0. The van der Waals surface area contributed by atoms with Gasteiger partial charge in [0, 0.05) is 57.6 Å². The van der Waals surface area contributed by atoms with E-state index in [1.165, 1.54) is 4.90 Å². The number of anilines is 1. The summed E-state index contributed by atoms with van der Waals surface area (Å²) < 4.78 is 1.69. The molecule has 1 amide bonds. The molecular formula is C18H23N5O3. The van der Waals surface area contributed by atoms with Crippen LogP contribution in [-0.4, -0.2) is 57.3 Å². The smallest absolute Gasteiger partial charge is 0.356 e. The van der Waals surface area contributed by atoms with Crippen molar-refractivity contribution in [2.45, 2.75) is 25.8 Å². The third kappa shape index (κ3) is 3.02. The number of amides is 1. The summed E-state index contributed by atoms with van der Waals surface area (Å²) in [4.78, 5) is 31.6. The van der Waals surface area contributed by atoms with Crippen LogP contribution in [0.25, 0.3) is 0 Å². The normalized spacial score (nSPS) is 16.3. The summed E-state index contributed by atoms with van der Waals surface area (Å²) in [6, 6.07) is 3.56. The lowest BCUT2D eigenvalue weighted by molar-refractivity contribution is 0.0688. The molecule has 2 aromatic rings. The number of carboxylic acids is 1. The standard InChI is InChI=1S/C18H23N5O3/c1-5-11-9-23(10-13-15(18(25)26)20-22(4)16(11)13)14-7-6-12(8-19-14)17(24)21(2)3/h6-8,11H,5,9-10H2,1-4H3,(H,25,26)/t11-/m1/s1. The molecule has 8 nitrogen and oxygen atoms in total. The monoisotopic (exact) mass is 357 g/mol. The number of rotatable bonds is 4. The molecule has 0 aromatic carbocycles. The van der Waals surface area contributed by atoms with Gasteiger partial charge in [0.25, 0.3) is 5.91 Å². The van der Waals surface area contributed by atoms with Crippen LogP contribution >= 0.6 is 0 Å². The Morgan fingerprint density at radius 2 is 2.08 bits per heavy atom. The second-order valence-electron chi connectivity index (χ2n) is 6.73. The fourth-order valence-corrected chi connectivity index (χ4v) is 3.48. The van der Waals surface area contributed by atoms with Gasteiger partial charge in [-0.3, -0.25) is 9.48 Å². The molecule has 0 saturated heterocycles. The maximum absolute atomic E-state index is 12.0. The van der Waals surface area contributed by atoms with Crippen molar-refractivity contribution in [3.05, 3.63) is 40.8 Å². The predicted octanol–water partition coefficient (Wildman–Crippen LogP) is 1.73. The molecule has 2 aromatic heterocycles. The van der Waals surface area contributed by atoms with E-state index in [0.29, 0.717) is 12.1 Å². The first kappa shape index (κ1) is 17.9. The number of hydrogen-bond donors (Lipinski definition) is 1. The van der Waals surface area contributed by atoms with Gasteiger partial charge in [-0.1, -0.05) is 6.92 Å². The summed E-state index contributed by atoms with van der Waals surface area (Å²) in [6.07, 6.45) is 2.44. The summed E-state index contributed by atoms with van der Waals surface area (Å²) >= 11 is 0. The van der Waals surface area contributed by atoms with Crippen LogP contribution in [0.4, 0.5) is 5.82 Å². The molecule has 0 fully saturated rings. The lowest BCUT2D eigenvalue weighted by Gasteiger charge is -2.33. The molecule has 26 heavy (non-hydrogen) atoms. The predicted molar refractivity (Wildman–Crippen MR) is 96.5 cm³/mol. The quantitative estimate of drug-likeness (QED) is 0.896. The van der Waals surface area contributed by atoms with Crippen molar-refractivity contribution in [1.29, 1.82) is 0 Å². The third-order valence-electron chi connectivity index (χ3n) is 4.79. The van der Waals surface area contributed by atoms with E-state index in [9.17, 15) is 14.7 Å². The van der Waals surface area contributed by atoms with Crippen LogP contribution < -0.4 is 4.90 Å². The number of aromatic nitrogens is 3. The number of pyridine rings is 1. The molecule has 0 bridgehead atoms. The molecule has 0 radical (unpaired) electrons. The fourth-order valence-electron chi connectivity index (χ4n) is 3.48. The Balaban J connectivity index is 1.94. The molecule has 3 rings (SSSR count). The Kier molecular flexibility index (Phi) is 4.67. The molecule has 1 aliphatic heterocycles. The van der Waals surface area contributed by atoms with Crippen LogP contribution in [-0.2, 0) is 13.6 Å². The summed E-state index contributed by atoms with van der Waals surface area (Å²) in [6.45, 7) is 3.25. The Morgan fingerprint density at radius 1 is 1.35 bits per heavy atom. The average molecular weight is 357 g/mol. The van der Waals surface area contributed by atoms with E-state index >= 15 is 0 Å². The Labute approximate surface area is 152 Å². The van der Waals surface area contributed by atoms with Crippen LogP contribution in [0.2, 0.25) is 0 Å². The highest BCUT2D eigenvalue weighted by Gasteiger charge is 2.33. The van der Waals surface area contributed by atoms with E-state index in [1.807, 2.05) is 6.07 Å². The molecule has 3 heterocycles. The van der Waals surface area contributed by atoms with Gasteiger partial charge in [0.2, 0.25) is 0 Å². The molecule has 1 N–H and O–H groups in total. The van der Waals surface area contributed by atoms with Gasteiger partial charge in [-0.15, -0.1) is 0 Å². The number of nitrogens with zero attached hydrogens (tertiary/aromatic N) is 5. The summed E-state index contributed by atoms with van der Waals surface area (Å²) in [5.74, 6) is -0.214. The summed E-state index contributed by atoms with van der Waals surface area (Å²) in [7, 11) is 5.19. The van der Waals surface area contributed by atoms with Crippen LogP contribution in [0.15, 0.2) is 18.3 Å². The number of fused-ring (bicyclic) bond motifs is 1. The fraction of sp³-hybridized carbons (Fsp3) is 0.444. The molecule has 0 saturated carbocycles. The Morgan fingerprint density at radius 3 is 2.62 bits per heavy atom. The molecule has 1 aliphatic rings. The van der Waals surface area contributed by atoms with Crippen LogP contribution in [0.5, 0.6) is 0 Å². The van der Waals surface area contributed by atoms with E-state index in [4.69, 9.17) is 0 Å². The molecule has 0 unspecified atom stereocenters. The maximum atomic E-state index is 12.0. The highest BCUT2D eigenvalue weighted by atomic mass is 16.4. The van der Waals surface area contributed by atoms with E-state index in [1.54, 1.807) is 38.1 Å². The van der Waals surface area contributed by atoms with Gasteiger partial charge >= 0.3 is 5.97 Å².